The van der Waals surface area contributed by atoms with Crippen LogP contribution in [0.2, 0.25) is 10.0 Å². The number of carbonyl (C=O) groups is 1. The Morgan fingerprint density at radius 3 is 2.61 bits per heavy atom. The minimum absolute atomic E-state index is 0.106. The van der Waals surface area contributed by atoms with Crippen LogP contribution in [0.4, 0.5) is 11.4 Å². The van der Waals surface area contributed by atoms with E-state index >= 15 is 0 Å². The number of hydrogen-bond donors (Lipinski definition) is 2. The fourth-order valence-electron chi connectivity index (χ4n) is 4.49. The van der Waals surface area contributed by atoms with Crippen LogP contribution in [-0.4, -0.2) is 16.0 Å². The molecule has 2 N–H and O–H groups in total. The van der Waals surface area contributed by atoms with E-state index in [2.05, 4.69) is 15.6 Å². The van der Waals surface area contributed by atoms with Gasteiger partial charge in [0, 0.05) is 28.4 Å². The maximum Gasteiger partial charge on any atom is 0.226 e. The van der Waals surface area contributed by atoms with Crippen LogP contribution < -0.4 is 15.5 Å². The lowest BCUT2D eigenvalue weighted by Gasteiger charge is -2.26. The molecule has 0 saturated carbocycles. The van der Waals surface area contributed by atoms with Gasteiger partial charge in [-0.3, -0.25) is 9.78 Å². The molecule has 4 aromatic rings. The number of halogens is 2. The summed E-state index contributed by atoms with van der Waals surface area (Å²) in [6.07, 6.45) is 1.76. The Bertz CT molecular complexity index is 1510. The molecule has 194 valence electrons. The smallest absolute Gasteiger partial charge is 0.226 e. The Hall–Kier alpha value is -3.39. The van der Waals surface area contributed by atoms with Crippen molar-refractivity contribution in [2.75, 3.05) is 10.2 Å². The number of hydrogen-bond acceptors (Lipinski definition) is 4. The molecule has 1 fully saturated rings. The molecule has 5 rings (SSSR count). The van der Waals surface area contributed by atoms with Crippen molar-refractivity contribution in [2.24, 2.45) is 5.92 Å². The molecular weight excluding hydrogens is 539 g/mol. The SMILES string of the molecule is Cc1c(Cl)cccc1-c1ccc(C2C(c3ccccn3)NC(=S)N2c2ccc(NC(=O)C(C)C)c(Cl)c2)o1. The maximum absolute atomic E-state index is 12.2. The second-order valence-electron chi connectivity index (χ2n) is 9.42. The molecule has 38 heavy (non-hydrogen) atoms. The van der Waals surface area contributed by atoms with Crippen molar-refractivity contribution in [2.45, 2.75) is 32.9 Å². The van der Waals surface area contributed by atoms with Crippen LogP contribution >= 0.6 is 35.4 Å². The lowest BCUT2D eigenvalue weighted by Crippen LogP contribution is -2.29. The summed E-state index contributed by atoms with van der Waals surface area (Å²) in [7, 11) is 0. The highest BCUT2D eigenvalue weighted by Crippen LogP contribution is 2.44. The number of nitrogens with one attached hydrogen (secondary N) is 2. The van der Waals surface area contributed by atoms with Gasteiger partial charge in [-0.2, -0.15) is 0 Å². The Morgan fingerprint density at radius 2 is 1.89 bits per heavy atom. The first-order valence-corrected chi connectivity index (χ1v) is 13.4. The lowest BCUT2D eigenvalue weighted by molar-refractivity contribution is -0.118. The quantitative estimate of drug-likeness (QED) is 0.233. The third-order valence-electron chi connectivity index (χ3n) is 6.56. The minimum atomic E-state index is -0.349. The zero-order valence-corrected chi connectivity index (χ0v) is 23.4. The van der Waals surface area contributed by atoms with Crippen molar-refractivity contribution in [3.05, 3.63) is 100.0 Å². The van der Waals surface area contributed by atoms with Crippen LogP contribution in [0.1, 0.15) is 42.9 Å². The van der Waals surface area contributed by atoms with E-state index in [1.165, 1.54) is 0 Å². The van der Waals surface area contributed by atoms with Crippen molar-refractivity contribution < 1.29 is 9.21 Å². The summed E-state index contributed by atoms with van der Waals surface area (Å²) in [5.41, 5.74) is 3.99. The predicted molar refractivity (Wildman–Crippen MR) is 157 cm³/mol. The average molecular weight is 566 g/mol. The summed E-state index contributed by atoms with van der Waals surface area (Å²) in [6.45, 7) is 5.63. The molecule has 2 aromatic carbocycles. The van der Waals surface area contributed by atoms with Gasteiger partial charge in [-0.25, -0.2) is 0 Å². The molecular formula is C29H26Cl2N4O2S. The van der Waals surface area contributed by atoms with Crippen LogP contribution in [0.25, 0.3) is 11.3 Å². The number of thiocarbonyl (C=S) groups is 1. The van der Waals surface area contributed by atoms with Gasteiger partial charge in [-0.1, -0.05) is 55.2 Å². The topological polar surface area (TPSA) is 70.4 Å². The Balaban J connectivity index is 1.56. The monoisotopic (exact) mass is 564 g/mol. The first-order chi connectivity index (χ1) is 18.2. The second kappa shape index (κ2) is 10.8. The third kappa shape index (κ3) is 5.01. The highest BCUT2D eigenvalue weighted by Gasteiger charge is 2.42. The number of furan rings is 1. The van der Waals surface area contributed by atoms with Crippen molar-refractivity contribution >= 4 is 57.8 Å². The highest BCUT2D eigenvalue weighted by atomic mass is 35.5. The predicted octanol–water partition coefficient (Wildman–Crippen LogP) is 7.73. The molecule has 6 nitrogen and oxygen atoms in total. The van der Waals surface area contributed by atoms with E-state index < -0.39 is 0 Å². The van der Waals surface area contributed by atoms with Gasteiger partial charge >= 0.3 is 0 Å². The van der Waals surface area contributed by atoms with E-state index in [4.69, 9.17) is 39.8 Å². The van der Waals surface area contributed by atoms with E-state index in [1.807, 2.05) is 80.3 Å². The molecule has 0 aliphatic carbocycles. The summed E-state index contributed by atoms with van der Waals surface area (Å²) in [4.78, 5) is 18.8. The first-order valence-electron chi connectivity index (χ1n) is 12.2. The van der Waals surface area contributed by atoms with E-state index in [-0.39, 0.29) is 23.9 Å². The number of rotatable bonds is 6. The van der Waals surface area contributed by atoms with Crippen molar-refractivity contribution in [1.29, 1.82) is 0 Å². The molecule has 1 saturated heterocycles. The molecule has 1 aliphatic heterocycles. The molecule has 2 atom stereocenters. The molecule has 1 amide bonds. The third-order valence-corrected chi connectivity index (χ3v) is 7.60. The van der Waals surface area contributed by atoms with Gasteiger partial charge < -0.3 is 20.0 Å². The number of pyridine rings is 1. The second-order valence-corrected chi connectivity index (χ2v) is 10.6. The minimum Gasteiger partial charge on any atom is -0.459 e. The van der Waals surface area contributed by atoms with Gasteiger partial charge in [0.05, 0.1) is 22.4 Å². The Morgan fingerprint density at radius 1 is 1.08 bits per heavy atom. The highest BCUT2D eigenvalue weighted by molar-refractivity contribution is 7.80. The fourth-order valence-corrected chi connectivity index (χ4v) is 5.23. The van der Waals surface area contributed by atoms with E-state index in [0.29, 0.717) is 32.4 Å². The Labute approximate surface area is 237 Å². The van der Waals surface area contributed by atoms with Gasteiger partial charge in [0.15, 0.2) is 5.11 Å². The van der Waals surface area contributed by atoms with E-state index in [0.717, 1.165) is 22.5 Å². The van der Waals surface area contributed by atoms with Gasteiger partial charge in [0.2, 0.25) is 5.91 Å². The van der Waals surface area contributed by atoms with E-state index in [1.54, 1.807) is 18.3 Å². The normalized spacial score (nSPS) is 17.1. The fraction of sp³-hybridized carbons (Fsp3) is 0.207. The summed E-state index contributed by atoms with van der Waals surface area (Å²) in [5.74, 6) is 1.14. The van der Waals surface area contributed by atoms with Gasteiger partial charge in [0.1, 0.15) is 17.6 Å². The van der Waals surface area contributed by atoms with Crippen LogP contribution in [0, 0.1) is 12.8 Å². The molecule has 9 heteroatoms. The maximum atomic E-state index is 12.2. The molecule has 2 aromatic heterocycles. The van der Waals surface area contributed by atoms with Crippen molar-refractivity contribution in [3.8, 4) is 11.3 Å². The summed E-state index contributed by atoms with van der Waals surface area (Å²) < 4.78 is 6.46. The van der Waals surface area contributed by atoms with Crippen LogP contribution in [-0.2, 0) is 4.79 Å². The zero-order valence-electron chi connectivity index (χ0n) is 21.0. The van der Waals surface area contributed by atoms with Crippen LogP contribution in [0.3, 0.4) is 0 Å². The molecule has 1 aliphatic rings. The number of benzene rings is 2. The molecule has 0 radical (unpaired) electrons. The average Bonchev–Trinajstić information content (AvgIpc) is 3.52. The number of carbonyl (C=O) groups excluding carboxylic acids is 1. The summed E-state index contributed by atoms with van der Waals surface area (Å²) >= 11 is 18.8. The molecule has 2 unspecified atom stereocenters. The summed E-state index contributed by atoms with van der Waals surface area (Å²) in [5, 5.41) is 7.89. The summed E-state index contributed by atoms with van der Waals surface area (Å²) in [6, 6.07) is 20.3. The number of aromatic nitrogens is 1. The molecule has 3 heterocycles. The van der Waals surface area contributed by atoms with Gasteiger partial charge in [-0.05, 0) is 73.2 Å². The molecule has 0 spiro atoms. The largest absolute Gasteiger partial charge is 0.459 e. The number of nitrogens with zero attached hydrogens (tertiary/aromatic N) is 2. The van der Waals surface area contributed by atoms with Gasteiger partial charge in [0.25, 0.3) is 0 Å². The van der Waals surface area contributed by atoms with Crippen LogP contribution in [0.15, 0.2) is 77.3 Å². The molecule has 0 bridgehead atoms. The number of amides is 1. The van der Waals surface area contributed by atoms with Crippen molar-refractivity contribution in [3.63, 3.8) is 0 Å². The first kappa shape index (κ1) is 26.2. The van der Waals surface area contributed by atoms with Crippen molar-refractivity contribution in [1.82, 2.24) is 10.3 Å². The zero-order chi connectivity index (χ0) is 27.0. The standard InChI is InChI=1S/C29H26Cl2N4O2S/c1-16(2)28(36)33-22-11-10-18(15-21(22)31)35-27(26(34-29(35)38)23-9-4-5-14-32-23)25-13-12-24(37-25)19-7-6-8-20(30)17(19)3/h4-16,26-27H,1-3H3,(H,33,36)(H,34,38). The van der Waals surface area contributed by atoms with Crippen LogP contribution in [0.5, 0.6) is 0 Å². The lowest BCUT2D eigenvalue weighted by atomic mass is 10.0. The Kier molecular flexibility index (Phi) is 7.43. The number of anilines is 2. The van der Waals surface area contributed by atoms with Gasteiger partial charge in [-0.15, -0.1) is 0 Å². The van der Waals surface area contributed by atoms with E-state index in [9.17, 15) is 4.79 Å².